The summed E-state index contributed by atoms with van der Waals surface area (Å²) in [6.07, 6.45) is 6.41. The summed E-state index contributed by atoms with van der Waals surface area (Å²) in [5, 5.41) is 13.4. The first-order chi connectivity index (χ1) is 20.7. The molecule has 0 bridgehead atoms. The van der Waals surface area contributed by atoms with E-state index in [0.717, 1.165) is 47.3 Å². The third-order valence-corrected chi connectivity index (χ3v) is 11.0. The van der Waals surface area contributed by atoms with Crippen molar-refractivity contribution in [2.45, 2.75) is 55.9 Å². The Bertz CT molecular complexity index is 1610. The van der Waals surface area contributed by atoms with Crippen molar-refractivity contribution in [2.75, 3.05) is 14.2 Å². The van der Waals surface area contributed by atoms with Crippen molar-refractivity contribution in [1.29, 1.82) is 0 Å². The molecule has 0 aliphatic heterocycles. The van der Waals surface area contributed by atoms with E-state index >= 15 is 0 Å². The lowest BCUT2D eigenvalue weighted by atomic mass is 9.85. The van der Waals surface area contributed by atoms with Crippen molar-refractivity contribution in [3.63, 3.8) is 0 Å². The molecule has 0 fully saturated rings. The number of nitrogens with zero attached hydrogens (tertiary/aromatic N) is 1. The molecule has 8 nitrogen and oxygen atoms in total. The van der Waals surface area contributed by atoms with Gasteiger partial charge in [0.1, 0.15) is 15.7 Å². The molecule has 1 aliphatic carbocycles. The molecule has 10 heteroatoms. The van der Waals surface area contributed by atoms with Crippen LogP contribution >= 0.6 is 11.3 Å². The number of hydrogen-bond donors (Lipinski definition) is 2. The first-order valence-corrected chi connectivity index (χ1v) is 16.7. The first kappa shape index (κ1) is 30.8. The summed E-state index contributed by atoms with van der Waals surface area (Å²) in [5.41, 5.74) is 5.30. The fourth-order valence-corrected chi connectivity index (χ4v) is 8.05. The number of thiophene rings is 1. The number of aliphatic hydroxyl groups excluding tert-OH is 1. The average molecular weight is 623 g/mol. The van der Waals surface area contributed by atoms with Gasteiger partial charge in [0.15, 0.2) is 0 Å². The maximum Gasteiger partial charge on any atom is 0.273 e. The predicted molar refractivity (Wildman–Crippen MR) is 167 cm³/mol. The predicted octanol–water partition coefficient (Wildman–Crippen LogP) is 5.47. The van der Waals surface area contributed by atoms with E-state index in [0.29, 0.717) is 30.4 Å². The minimum absolute atomic E-state index is 0.0456. The third-order valence-electron chi connectivity index (χ3n) is 8.24. The van der Waals surface area contributed by atoms with Gasteiger partial charge in [-0.3, -0.25) is 4.79 Å². The number of rotatable bonds is 13. The standard InChI is InChI=1S/C33H38N2O6S2/c1-22-29(40-2)18-27(19-30(22)41-3)33(37)28(17-24-15-25-7-4-5-8-26(25)16-24)21-35-13-12-23(20-35)10-11-31(36)34-43(38,39)32-9-6-14-42-32/h4-9,12-14,18-20,24,28,33,37H,10-11,15-17,21H2,1-3H3,(H,34,36)/t28-,33-/m1/s1. The lowest BCUT2D eigenvalue weighted by molar-refractivity contribution is -0.119. The van der Waals surface area contributed by atoms with Gasteiger partial charge in [0.2, 0.25) is 5.91 Å². The molecule has 4 aromatic rings. The quantitative estimate of drug-likeness (QED) is 0.205. The molecule has 43 heavy (non-hydrogen) atoms. The van der Waals surface area contributed by atoms with Gasteiger partial charge in [0.05, 0.1) is 20.3 Å². The van der Waals surface area contributed by atoms with E-state index in [2.05, 4.69) is 29.0 Å². The summed E-state index contributed by atoms with van der Waals surface area (Å²) in [4.78, 5) is 12.4. The molecule has 1 amide bonds. The van der Waals surface area contributed by atoms with Crippen LogP contribution in [0.25, 0.3) is 0 Å². The van der Waals surface area contributed by atoms with Gasteiger partial charge >= 0.3 is 0 Å². The molecule has 0 saturated heterocycles. The second kappa shape index (κ2) is 13.4. The largest absolute Gasteiger partial charge is 0.496 e. The number of fused-ring (bicyclic) bond motifs is 1. The molecule has 0 unspecified atom stereocenters. The highest BCUT2D eigenvalue weighted by Gasteiger charge is 2.30. The monoisotopic (exact) mass is 622 g/mol. The number of benzene rings is 2. The molecule has 5 rings (SSSR count). The van der Waals surface area contributed by atoms with Gasteiger partial charge in [-0.2, -0.15) is 0 Å². The summed E-state index contributed by atoms with van der Waals surface area (Å²) in [5.74, 6) is 1.11. The Morgan fingerprint density at radius 3 is 2.35 bits per heavy atom. The molecule has 2 aromatic heterocycles. The van der Waals surface area contributed by atoms with E-state index in [1.165, 1.54) is 17.2 Å². The van der Waals surface area contributed by atoms with Crippen LogP contribution in [-0.2, 0) is 40.6 Å². The molecule has 2 N–H and O–H groups in total. The number of carbonyl (C=O) groups excluding carboxylic acids is 1. The highest BCUT2D eigenvalue weighted by atomic mass is 32.2. The normalized spacial score (nSPS) is 14.7. The summed E-state index contributed by atoms with van der Waals surface area (Å²) in [6.45, 7) is 2.51. The number of sulfonamides is 1. The number of aliphatic hydroxyl groups is 1. The second-order valence-corrected chi connectivity index (χ2v) is 14.1. The van der Waals surface area contributed by atoms with Crippen molar-refractivity contribution in [3.05, 3.63) is 100 Å². The van der Waals surface area contributed by atoms with E-state index in [1.54, 1.807) is 25.7 Å². The zero-order chi connectivity index (χ0) is 30.6. The maximum atomic E-state index is 12.4. The fraction of sp³-hybridized carbons (Fsp3) is 0.364. The van der Waals surface area contributed by atoms with Gasteiger partial charge in [-0.1, -0.05) is 30.3 Å². The van der Waals surface area contributed by atoms with Crippen LogP contribution in [0.4, 0.5) is 0 Å². The summed E-state index contributed by atoms with van der Waals surface area (Å²) >= 11 is 1.07. The van der Waals surface area contributed by atoms with Crippen LogP contribution in [-0.4, -0.2) is 38.2 Å². The number of amides is 1. The summed E-state index contributed by atoms with van der Waals surface area (Å²) in [7, 11) is -0.612. The summed E-state index contributed by atoms with van der Waals surface area (Å²) in [6, 6.07) is 17.4. The van der Waals surface area contributed by atoms with Gasteiger partial charge in [-0.25, -0.2) is 13.1 Å². The van der Waals surface area contributed by atoms with Crippen LogP contribution < -0.4 is 14.2 Å². The molecule has 228 valence electrons. The third kappa shape index (κ3) is 7.31. The Kier molecular flexibility index (Phi) is 9.59. The number of hydrogen-bond acceptors (Lipinski definition) is 7. The van der Waals surface area contributed by atoms with E-state index in [9.17, 15) is 18.3 Å². The Balaban J connectivity index is 1.30. The number of aromatic nitrogens is 1. The lowest BCUT2D eigenvalue weighted by Crippen LogP contribution is -2.30. The Morgan fingerprint density at radius 1 is 1.07 bits per heavy atom. The molecule has 0 saturated carbocycles. The molecular weight excluding hydrogens is 585 g/mol. The van der Waals surface area contributed by atoms with Crippen LogP contribution in [0, 0.1) is 18.8 Å². The number of ether oxygens (including phenoxy) is 2. The highest BCUT2D eigenvalue weighted by molar-refractivity contribution is 7.92. The Morgan fingerprint density at radius 2 is 1.74 bits per heavy atom. The van der Waals surface area contributed by atoms with Crippen LogP contribution in [0.2, 0.25) is 0 Å². The van der Waals surface area contributed by atoms with Crippen molar-refractivity contribution < 1.29 is 27.8 Å². The molecule has 2 heterocycles. The fourth-order valence-electron chi connectivity index (χ4n) is 6.05. The zero-order valence-electron chi connectivity index (χ0n) is 24.7. The number of methoxy groups -OCH3 is 2. The molecule has 0 radical (unpaired) electrons. The number of aryl methyl sites for hydroxylation is 1. The molecular formula is C33H38N2O6S2. The maximum absolute atomic E-state index is 12.4. The van der Waals surface area contributed by atoms with Crippen LogP contribution in [0.5, 0.6) is 11.5 Å². The second-order valence-electron chi connectivity index (χ2n) is 11.2. The van der Waals surface area contributed by atoms with E-state index in [4.69, 9.17) is 9.47 Å². The summed E-state index contributed by atoms with van der Waals surface area (Å²) < 4.78 is 40.2. The van der Waals surface area contributed by atoms with Gasteiger partial charge < -0.3 is 19.1 Å². The molecule has 1 aliphatic rings. The molecule has 0 spiro atoms. The highest BCUT2D eigenvalue weighted by Crippen LogP contribution is 2.39. The van der Waals surface area contributed by atoms with Crippen molar-refractivity contribution in [2.24, 2.45) is 11.8 Å². The zero-order valence-corrected chi connectivity index (χ0v) is 26.3. The lowest BCUT2D eigenvalue weighted by Gasteiger charge is -2.27. The van der Waals surface area contributed by atoms with Gasteiger partial charge in [-0.15, -0.1) is 11.3 Å². The van der Waals surface area contributed by atoms with E-state index in [-0.39, 0.29) is 16.5 Å². The minimum Gasteiger partial charge on any atom is -0.496 e. The Labute approximate surface area is 257 Å². The van der Waals surface area contributed by atoms with E-state index in [1.807, 2.05) is 42.1 Å². The van der Waals surface area contributed by atoms with Crippen molar-refractivity contribution in [1.82, 2.24) is 9.29 Å². The smallest absolute Gasteiger partial charge is 0.273 e. The van der Waals surface area contributed by atoms with Gasteiger partial charge in [-0.05, 0) is 90.4 Å². The van der Waals surface area contributed by atoms with Crippen molar-refractivity contribution in [3.8, 4) is 11.5 Å². The number of nitrogens with one attached hydrogen (secondary N) is 1. The van der Waals surface area contributed by atoms with Crippen molar-refractivity contribution >= 4 is 27.3 Å². The van der Waals surface area contributed by atoms with Crippen LogP contribution in [0.1, 0.15) is 46.8 Å². The molecule has 2 aromatic carbocycles. The minimum atomic E-state index is -3.84. The van der Waals surface area contributed by atoms with Gasteiger partial charge in [0, 0.05) is 36.8 Å². The molecule has 2 atom stereocenters. The first-order valence-electron chi connectivity index (χ1n) is 14.4. The SMILES string of the molecule is COc1cc([C@@H](O)[C@H](CC2Cc3ccccc3C2)Cn2ccc(CCC(=O)NS(=O)(=O)c3cccs3)c2)cc(OC)c1C. The van der Waals surface area contributed by atoms with Crippen LogP contribution in [0.15, 0.2) is 76.6 Å². The van der Waals surface area contributed by atoms with E-state index < -0.39 is 22.0 Å². The van der Waals surface area contributed by atoms with Gasteiger partial charge in [0.25, 0.3) is 10.0 Å². The average Bonchev–Trinajstić information content (AvgIpc) is 3.77. The van der Waals surface area contributed by atoms with Crippen LogP contribution in [0.3, 0.4) is 0 Å². The topological polar surface area (TPSA) is 107 Å². The Hall–Kier alpha value is -3.60. The number of carbonyl (C=O) groups is 1.